The van der Waals surface area contributed by atoms with Crippen LogP contribution >= 0.6 is 0 Å². The molecule has 1 fully saturated rings. The van der Waals surface area contributed by atoms with Crippen LogP contribution in [0.15, 0.2) is 12.1 Å². The minimum Gasteiger partial charge on any atom is -0.369 e. The van der Waals surface area contributed by atoms with Gasteiger partial charge in [0.05, 0.1) is 5.92 Å². The molecule has 0 bridgehead atoms. The molecule has 1 aliphatic rings. The minimum atomic E-state index is -4.51. The number of rotatable bonds is 3. The maximum Gasteiger partial charge on any atom is 0.433 e. The molecule has 0 aromatic carbocycles. The van der Waals surface area contributed by atoms with Crippen molar-refractivity contribution in [1.29, 1.82) is 0 Å². The van der Waals surface area contributed by atoms with Gasteiger partial charge in [0.25, 0.3) is 0 Å². The van der Waals surface area contributed by atoms with E-state index in [0.717, 1.165) is 6.07 Å². The molecule has 1 aromatic rings. The average molecular weight is 288 g/mol. The lowest BCUT2D eigenvalue weighted by Gasteiger charge is -2.21. The largest absolute Gasteiger partial charge is 0.433 e. The second-order valence-corrected chi connectivity index (χ2v) is 4.72. The summed E-state index contributed by atoms with van der Waals surface area (Å²) >= 11 is 0. The Labute approximate surface area is 113 Å². The fraction of sp³-hybridized carbons (Fsp3) is 0.500. The van der Waals surface area contributed by atoms with E-state index in [0.29, 0.717) is 18.5 Å². The highest BCUT2D eigenvalue weighted by molar-refractivity contribution is 5.78. The van der Waals surface area contributed by atoms with E-state index in [4.69, 9.17) is 11.5 Å². The third kappa shape index (κ3) is 2.84. The van der Waals surface area contributed by atoms with Gasteiger partial charge in [0, 0.05) is 25.2 Å². The van der Waals surface area contributed by atoms with Crippen LogP contribution in [0.1, 0.15) is 17.7 Å². The summed E-state index contributed by atoms with van der Waals surface area (Å²) in [5, 5.41) is 0. The Hall–Kier alpha value is -1.83. The van der Waals surface area contributed by atoms with Crippen LogP contribution in [0.25, 0.3) is 0 Å². The molecule has 5 nitrogen and oxygen atoms in total. The molecule has 20 heavy (non-hydrogen) atoms. The quantitative estimate of drug-likeness (QED) is 0.864. The maximum atomic E-state index is 12.7. The normalized spacial score (nSPS) is 19.4. The predicted octanol–water partition coefficient (Wildman–Crippen LogP) is 0.871. The molecule has 1 aliphatic heterocycles. The van der Waals surface area contributed by atoms with Crippen LogP contribution in [0.5, 0.6) is 0 Å². The van der Waals surface area contributed by atoms with Crippen LogP contribution in [0.4, 0.5) is 19.0 Å². The van der Waals surface area contributed by atoms with Crippen molar-refractivity contribution < 1.29 is 18.0 Å². The fourth-order valence-corrected chi connectivity index (χ4v) is 2.25. The van der Waals surface area contributed by atoms with Crippen molar-refractivity contribution in [3.8, 4) is 0 Å². The van der Waals surface area contributed by atoms with Gasteiger partial charge in [-0.25, -0.2) is 4.98 Å². The Kier molecular flexibility index (Phi) is 3.85. The number of nitrogens with zero attached hydrogens (tertiary/aromatic N) is 2. The fourth-order valence-electron chi connectivity index (χ4n) is 2.25. The molecule has 1 amide bonds. The molecule has 1 aromatic heterocycles. The Morgan fingerprint density at radius 2 is 2.15 bits per heavy atom. The Morgan fingerprint density at radius 3 is 2.65 bits per heavy atom. The SMILES string of the molecule is NCc1ccc(C(F)(F)F)nc1N1CCC(C(N)=O)C1. The lowest BCUT2D eigenvalue weighted by atomic mass is 10.1. The van der Waals surface area contributed by atoms with E-state index in [1.54, 1.807) is 4.90 Å². The predicted molar refractivity (Wildman–Crippen MR) is 66.6 cm³/mol. The number of amides is 1. The first kappa shape index (κ1) is 14.6. The van der Waals surface area contributed by atoms with Crippen LogP contribution in [0.2, 0.25) is 0 Å². The topological polar surface area (TPSA) is 85.2 Å². The lowest BCUT2D eigenvalue weighted by Crippen LogP contribution is -2.29. The first-order chi connectivity index (χ1) is 9.32. The number of carbonyl (C=O) groups excluding carboxylic acids is 1. The first-order valence-corrected chi connectivity index (χ1v) is 6.14. The smallest absolute Gasteiger partial charge is 0.369 e. The van der Waals surface area contributed by atoms with Gasteiger partial charge in [-0.2, -0.15) is 13.2 Å². The number of hydrogen-bond donors (Lipinski definition) is 2. The second-order valence-electron chi connectivity index (χ2n) is 4.72. The third-order valence-corrected chi connectivity index (χ3v) is 3.36. The van der Waals surface area contributed by atoms with Crippen molar-refractivity contribution in [3.63, 3.8) is 0 Å². The van der Waals surface area contributed by atoms with E-state index in [1.165, 1.54) is 6.07 Å². The van der Waals surface area contributed by atoms with Crippen LogP contribution in [-0.2, 0) is 17.5 Å². The molecule has 110 valence electrons. The Bertz CT molecular complexity index is 518. The van der Waals surface area contributed by atoms with Gasteiger partial charge < -0.3 is 16.4 Å². The highest BCUT2D eigenvalue weighted by atomic mass is 19.4. The van der Waals surface area contributed by atoms with Crippen molar-refractivity contribution in [3.05, 3.63) is 23.4 Å². The highest BCUT2D eigenvalue weighted by Crippen LogP contribution is 2.32. The van der Waals surface area contributed by atoms with Crippen LogP contribution in [-0.4, -0.2) is 24.0 Å². The maximum absolute atomic E-state index is 12.7. The number of alkyl halides is 3. The molecule has 1 atom stereocenters. The monoisotopic (exact) mass is 288 g/mol. The summed E-state index contributed by atoms with van der Waals surface area (Å²) in [6.45, 7) is 0.795. The molecular weight excluding hydrogens is 273 g/mol. The van der Waals surface area contributed by atoms with Crippen molar-refractivity contribution in [2.24, 2.45) is 17.4 Å². The first-order valence-electron chi connectivity index (χ1n) is 6.14. The van der Waals surface area contributed by atoms with Gasteiger partial charge in [-0.3, -0.25) is 4.79 Å². The summed E-state index contributed by atoms with van der Waals surface area (Å²) in [5.74, 6) is -0.628. The van der Waals surface area contributed by atoms with Gasteiger partial charge in [0.1, 0.15) is 11.5 Å². The summed E-state index contributed by atoms with van der Waals surface area (Å²) in [5.41, 5.74) is 10.3. The van der Waals surface area contributed by atoms with Gasteiger partial charge >= 0.3 is 6.18 Å². The van der Waals surface area contributed by atoms with E-state index in [-0.39, 0.29) is 24.8 Å². The summed E-state index contributed by atoms with van der Waals surface area (Å²) in [7, 11) is 0. The van der Waals surface area contributed by atoms with Gasteiger partial charge in [-0.15, -0.1) is 0 Å². The number of pyridine rings is 1. The minimum absolute atomic E-state index is 0.0816. The summed E-state index contributed by atoms with van der Waals surface area (Å²) in [6.07, 6.45) is -4.00. The average Bonchev–Trinajstić information content (AvgIpc) is 2.86. The van der Waals surface area contributed by atoms with Crippen molar-refractivity contribution in [2.45, 2.75) is 19.1 Å². The molecule has 0 saturated carbocycles. The van der Waals surface area contributed by atoms with E-state index in [1.807, 2.05) is 0 Å². The van der Waals surface area contributed by atoms with E-state index in [2.05, 4.69) is 4.98 Å². The van der Waals surface area contributed by atoms with Gasteiger partial charge in [-0.05, 0) is 12.5 Å². The van der Waals surface area contributed by atoms with Crippen LogP contribution in [0, 0.1) is 5.92 Å². The summed E-state index contributed by atoms with van der Waals surface area (Å²) in [6, 6.07) is 2.23. The Balaban J connectivity index is 2.32. The van der Waals surface area contributed by atoms with Crippen molar-refractivity contribution in [1.82, 2.24) is 4.98 Å². The summed E-state index contributed by atoms with van der Waals surface area (Å²) < 4.78 is 38.1. The zero-order valence-corrected chi connectivity index (χ0v) is 10.7. The summed E-state index contributed by atoms with van der Waals surface area (Å²) in [4.78, 5) is 16.4. The number of carbonyl (C=O) groups is 1. The number of primary amides is 1. The second kappa shape index (κ2) is 5.28. The standard InChI is InChI=1S/C12H15F3N4O/c13-12(14,15)9-2-1-7(5-16)11(18-9)19-4-3-8(6-19)10(17)20/h1-2,8H,3-6,16H2,(H2,17,20). The molecule has 0 radical (unpaired) electrons. The Morgan fingerprint density at radius 1 is 1.45 bits per heavy atom. The number of halogens is 3. The zero-order chi connectivity index (χ0) is 14.9. The van der Waals surface area contributed by atoms with Gasteiger partial charge in [0.15, 0.2) is 0 Å². The number of anilines is 1. The zero-order valence-electron chi connectivity index (χ0n) is 10.7. The number of hydrogen-bond acceptors (Lipinski definition) is 4. The molecule has 2 heterocycles. The third-order valence-electron chi connectivity index (χ3n) is 3.36. The molecule has 0 spiro atoms. The highest BCUT2D eigenvalue weighted by Gasteiger charge is 2.35. The van der Waals surface area contributed by atoms with Crippen LogP contribution in [0.3, 0.4) is 0 Å². The van der Waals surface area contributed by atoms with Gasteiger partial charge in [-0.1, -0.05) is 6.07 Å². The molecule has 1 saturated heterocycles. The molecule has 8 heteroatoms. The van der Waals surface area contributed by atoms with E-state index in [9.17, 15) is 18.0 Å². The number of nitrogens with two attached hydrogens (primary N) is 2. The van der Waals surface area contributed by atoms with E-state index >= 15 is 0 Å². The van der Waals surface area contributed by atoms with Crippen LogP contribution < -0.4 is 16.4 Å². The number of aromatic nitrogens is 1. The molecule has 0 aliphatic carbocycles. The molecule has 1 unspecified atom stereocenters. The lowest BCUT2D eigenvalue weighted by molar-refractivity contribution is -0.141. The molecule has 4 N–H and O–H groups in total. The molecular formula is C12H15F3N4O. The van der Waals surface area contributed by atoms with E-state index < -0.39 is 17.8 Å². The van der Waals surface area contributed by atoms with Crippen molar-refractivity contribution in [2.75, 3.05) is 18.0 Å². The molecule has 2 rings (SSSR count). The van der Waals surface area contributed by atoms with Crippen molar-refractivity contribution >= 4 is 11.7 Å². The van der Waals surface area contributed by atoms with Gasteiger partial charge in [0.2, 0.25) is 5.91 Å².